The van der Waals surface area contributed by atoms with Crippen molar-refractivity contribution in [2.45, 2.75) is 6.92 Å². The molecule has 0 aliphatic rings. The molecule has 0 saturated carbocycles. The predicted octanol–water partition coefficient (Wildman–Crippen LogP) is 3.91. The van der Waals surface area contributed by atoms with Crippen molar-refractivity contribution < 1.29 is 13.6 Å². The molecule has 0 bridgehead atoms. The molecule has 4 aromatic rings. The van der Waals surface area contributed by atoms with E-state index >= 15 is 0 Å². The molecule has 0 aliphatic carbocycles. The molecule has 0 fully saturated rings. The Hall–Kier alpha value is -3.68. The van der Waals surface area contributed by atoms with Gasteiger partial charge < -0.3 is 10.3 Å². The molecule has 134 valence electrons. The van der Waals surface area contributed by atoms with Crippen LogP contribution in [0, 0.1) is 18.6 Å². The lowest BCUT2D eigenvalue weighted by Crippen LogP contribution is -2.09. The highest BCUT2D eigenvalue weighted by molar-refractivity contribution is 6.18. The minimum absolute atomic E-state index is 0.0698. The topological polar surface area (TPSA) is 83.6 Å². The van der Waals surface area contributed by atoms with E-state index in [-0.39, 0.29) is 11.1 Å². The predicted molar refractivity (Wildman–Crippen MR) is 95.9 cm³/mol. The van der Waals surface area contributed by atoms with Crippen LogP contribution in [0.1, 0.15) is 21.5 Å². The maximum Gasteiger partial charge on any atom is 0.201 e. The minimum Gasteiger partial charge on any atom is -0.345 e. The third-order valence-corrected chi connectivity index (χ3v) is 4.15. The lowest BCUT2D eigenvalue weighted by Gasteiger charge is -2.09. The fraction of sp³-hybridized carbons (Fsp3) is 0.0526. The van der Waals surface area contributed by atoms with Crippen LogP contribution in [0.5, 0.6) is 0 Å². The lowest BCUT2D eigenvalue weighted by molar-refractivity contribution is 0.103. The second-order valence-corrected chi connectivity index (χ2v) is 5.90. The Balaban J connectivity index is 1.86. The van der Waals surface area contributed by atoms with E-state index in [1.54, 1.807) is 24.5 Å². The number of ketones is 1. The average Bonchev–Trinajstić information content (AvgIpc) is 3.11. The van der Waals surface area contributed by atoms with Gasteiger partial charge in [-0.3, -0.25) is 9.78 Å². The van der Waals surface area contributed by atoms with Gasteiger partial charge in [-0.1, -0.05) is 6.07 Å². The number of pyridine rings is 1. The zero-order chi connectivity index (χ0) is 19.0. The fourth-order valence-corrected chi connectivity index (χ4v) is 2.81. The molecule has 0 amide bonds. The highest BCUT2D eigenvalue weighted by Gasteiger charge is 2.25. The third-order valence-electron chi connectivity index (χ3n) is 4.15. The van der Waals surface area contributed by atoms with Crippen LogP contribution in [-0.4, -0.2) is 25.7 Å². The molecule has 1 aromatic carbocycles. The smallest absolute Gasteiger partial charge is 0.201 e. The number of carbonyl (C=O) groups is 1. The number of aromatic nitrogens is 4. The molecular weight excluding hydrogens is 352 g/mol. The second kappa shape index (κ2) is 6.56. The summed E-state index contributed by atoms with van der Waals surface area (Å²) in [4.78, 5) is 28.0. The van der Waals surface area contributed by atoms with Crippen molar-refractivity contribution >= 4 is 28.3 Å². The number of nitrogens with zero attached hydrogens (tertiary/aromatic N) is 3. The first-order valence-corrected chi connectivity index (χ1v) is 8.04. The van der Waals surface area contributed by atoms with Crippen molar-refractivity contribution in [3.05, 3.63) is 77.5 Å². The molecular formula is C19H13F2N5O. The van der Waals surface area contributed by atoms with Gasteiger partial charge in [0.2, 0.25) is 5.78 Å². The number of nitrogens with one attached hydrogen (secondary N) is 2. The summed E-state index contributed by atoms with van der Waals surface area (Å²) in [7, 11) is 0. The molecule has 3 aromatic heterocycles. The van der Waals surface area contributed by atoms with Crippen LogP contribution in [0.2, 0.25) is 0 Å². The van der Waals surface area contributed by atoms with Gasteiger partial charge in [-0.2, -0.15) is 0 Å². The van der Waals surface area contributed by atoms with Crippen molar-refractivity contribution in [3.8, 4) is 0 Å². The number of fused-ring (bicyclic) bond motifs is 1. The summed E-state index contributed by atoms with van der Waals surface area (Å²) in [5.74, 6) is -2.26. The Morgan fingerprint density at radius 2 is 2.04 bits per heavy atom. The molecule has 0 spiro atoms. The van der Waals surface area contributed by atoms with E-state index < -0.39 is 23.0 Å². The molecule has 2 N–H and O–H groups in total. The number of anilines is 2. The summed E-state index contributed by atoms with van der Waals surface area (Å²) in [6.45, 7) is 1.47. The fourth-order valence-electron chi connectivity index (χ4n) is 2.81. The van der Waals surface area contributed by atoms with Gasteiger partial charge in [-0.15, -0.1) is 0 Å². The molecule has 6 nitrogen and oxygen atoms in total. The zero-order valence-corrected chi connectivity index (χ0v) is 14.1. The van der Waals surface area contributed by atoms with Crippen molar-refractivity contribution in [1.82, 2.24) is 19.9 Å². The monoisotopic (exact) mass is 365 g/mol. The highest BCUT2D eigenvalue weighted by Crippen LogP contribution is 2.29. The van der Waals surface area contributed by atoms with Crippen molar-refractivity contribution in [2.24, 2.45) is 0 Å². The number of halogens is 2. The van der Waals surface area contributed by atoms with Crippen LogP contribution in [0.15, 0.2) is 49.2 Å². The Bertz CT molecular complexity index is 1160. The number of rotatable bonds is 4. The van der Waals surface area contributed by atoms with Gasteiger partial charge in [-0.25, -0.2) is 18.7 Å². The number of carbonyl (C=O) groups excluding carboxylic acids is 1. The minimum atomic E-state index is -0.920. The second-order valence-electron chi connectivity index (χ2n) is 5.90. The van der Waals surface area contributed by atoms with Crippen LogP contribution in [0.4, 0.5) is 20.3 Å². The standard InChI is InChI=1S/C19H13F2N5O/c1-10-4-5-13(20)15(16(10)21)17(27)12-8-23-18-14(12)19(25-9-24-18)26-11-3-2-6-22-7-11/h2-9H,1H3,(H2,23,24,25,26). The first-order valence-electron chi connectivity index (χ1n) is 8.04. The summed E-state index contributed by atoms with van der Waals surface area (Å²) in [5, 5.41) is 3.39. The number of benzene rings is 1. The van der Waals surface area contributed by atoms with Crippen LogP contribution in [0.3, 0.4) is 0 Å². The van der Waals surface area contributed by atoms with E-state index in [0.717, 1.165) is 6.07 Å². The van der Waals surface area contributed by atoms with E-state index in [4.69, 9.17) is 0 Å². The summed E-state index contributed by atoms with van der Waals surface area (Å²) in [6, 6.07) is 5.87. The van der Waals surface area contributed by atoms with E-state index in [2.05, 4.69) is 25.3 Å². The first-order chi connectivity index (χ1) is 13.1. The van der Waals surface area contributed by atoms with E-state index in [9.17, 15) is 13.6 Å². The van der Waals surface area contributed by atoms with E-state index in [0.29, 0.717) is 22.5 Å². The summed E-state index contributed by atoms with van der Waals surface area (Å²) < 4.78 is 28.6. The zero-order valence-electron chi connectivity index (χ0n) is 14.1. The van der Waals surface area contributed by atoms with Crippen molar-refractivity contribution in [3.63, 3.8) is 0 Å². The molecule has 3 heterocycles. The Kier molecular flexibility index (Phi) is 4.08. The summed E-state index contributed by atoms with van der Waals surface area (Å²) in [6.07, 6.45) is 5.90. The van der Waals surface area contributed by atoms with Gasteiger partial charge in [0.1, 0.15) is 29.4 Å². The summed E-state index contributed by atoms with van der Waals surface area (Å²) >= 11 is 0. The third kappa shape index (κ3) is 2.91. The maximum absolute atomic E-state index is 14.4. The number of aryl methyl sites for hydroxylation is 1. The van der Waals surface area contributed by atoms with Gasteiger partial charge in [0.15, 0.2) is 0 Å². The van der Waals surface area contributed by atoms with E-state index in [1.165, 1.54) is 25.5 Å². The quantitative estimate of drug-likeness (QED) is 0.536. The molecule has 0 radical (unpaired) electrons. The molecule has 27 heavy (non-hydrogen) atoms. The normalized spacial score (nSPS) is 10.9. The van der Waals surface area contributed by atoms with Gasteiger partial charge in [0.05, 0.1) is 28.4 Å². The van der Waals surface area contributed by atoms with Gasteiger partial charge in [-0.05, 0) is 30.7 Å². The van der Waals surface area contributed by atoms with Gasteiger partial charge in [0, 0.05) is 12.4 Å². The Morgan fingerprint density at radius 1 is 1.19 bits per heavy atom. The van der Waals surface area contributed by atoms with Crippen LogP contribution >= 0.6 is 0 Å². The van der Waals surface area contributed by atoms with Crippen LogP contribution < -0.4 is 5.32 Å². The number of aromatic amines is 1. The molecule has 0 atom stereocenters. The number of H-pyrrole nitrogens is 1. The number of hydrogen-bond donors (Lipinski definition) is 2. The van der Waals surface area contributed by atoms with Gasteiger partial charge in [0.25, 0.3) is 0 Å². The maximum atomic E-state index is 14.4. The molecule has 8 heteroatoms. The largest absolute Gasteiger partial charge is 0.345 e. The molecule has 4 rings (SSSR count). The highest BCUT2D eigenvalue weighted by atomic mass is 19.1. The van der Waals surface area contributed by atoms with Crippen LogP contribution in [-0.2, 0) is 0 Å². The lowest BCUT2D eigenvalue weighted by atomic mass is 10.0. The van der Waals surface area contributed by atoms with Crippen LogP contribution in [0.25, 0.3) is 11.0 Å². The average molecular weight is 365 g/mol. The van der Waals surface area contributed by atoms with E-state index in [1.807, 2.05) is 0 Å². The van der Waals surface area contributed by atoms with Crippen molar-refractivity contribution in [2.75, 3.05) is 5.32 Å². The van der Waals surface area contributed by atoms with Gasteiger partial charge >= 0.3 is 0 Å². The molecule has 0 aliphatic heterocycles. The molecule has 0 unspecified atom stereocenters. The first kappa shape index (κ1) is 16.8. The molecule has 0 saturated heterocycles. The van der Waals surface area contributed by atoms with Crippen molar-refractivity contribution in [1.29, 1.82) is 0 Å². The SMILES string of the molecule is Cc1ccc(F)c(C(=O)c2c[nH]c3ncnc(Nc4cccnc4)c23)c1F. The number of hydrogen-bond acceptors (Lipinski definition) is 5. The Morgan fingerprint density at radius 3 is 2.81 bits per heavy atom. The Labute approximate surface area is 152 Å². The summed E-state index contributed by atoms with van der Waals surface area (Å²) in [5.41, 5.74) is 0.662.